The fourth-order valence-electron chi connectivity index (χ4n) is 2.91. The Balaban J connectivity index is 1.88. The second-order valence-corrected chi connectivity index (χ2v) is 6.98. The number of rotatable bonds is 4. The molecule has 0 aliphatic rings. The van der Waals surface area contributed by atoms with E-state index in [9.17, 15) is 4.79 Å². The summed E-state index contributed by atoms with van der Waals surface area (Å²) < 4.78 is 0.909. The topological polar surface area (TPSA) is 92.9 Å². The molecule has 28 heavy (non-hydrogen) atoms. The maximum atomic E-state index is 12.1. The van der Waals surface area contributed by atoms with Crippen molar-refractivity contribution >= 4 is 44.2 Å². The molecule has 7 heteroatoms. The lowest BCUT2D eigenvalue weighted by Crippen LogP contribution is -2.30. The number of hydrazine groups is 1. The van der Waals surface area contributed by atoms with Crippen molar-refractivity contribution in [2.45, 2.75) is 0 Å². The smallest absolute Gasteiger partial charge is 0.267 e. The van der Waals surface area contributed by atoms with Crippen molar-refractivity contribution < 1.29 is 4.79 Å². The molecule has 0 aliphatic heterocycles. The minimum atomic E-state index is -0.383. The highest BCUT2D eigenvalue weighted by Gasteiger charge is 2.14. The molecule has 0 atom stereocenters. The van der Waals surface area contributed by atoms with Crippen LogP contribution in [-0.4, -0.2) is 15.9 Å². The summed E-state index contributed by atoms with van der Waals surface area (Å²) in [4.78, 5) is 21.5. The number of nitrogens with one attached hydrogen (secondary N) is 2. The molecule has 1 aromatic heterocycles. The van der Waals surface area contributed by atoms with Crippen molar-refractivity contribution in [3.05, 3.63) is 82.8 Å². The van der Waals surface area contributed by atoms with Crippen molar-refractivity contribution in [2.75, 3.05) is 5.32 Å². The molecule has 6 nitrogen and oxygen atoms in total. The van der Waals surface area contributed by atoms with Crippen LogP contribution in [0.15, 0.2) is 77.3 Å². The lowest BCUT2D eigenvalue weighted by Gasteiger charge is -2.14. The van der Waals surface area contributed by atoms with Gasteiger partial charge in [0.2, 0.25) is 0 Å². The minimum Gasteiger partial charge on any atom is -0.339 e. The average Bonchev–Trinajstić information content (AvgIpc) is 2.74. The van der Waals surface area contributed by atoms with E-state index < -0.39 is 0 Å². The molecule has 0 spiro atoms. The molecule has 0 saturated carbocycles. The van der Waals surface area contributed by atoms with E-state index in [-0.39, 0.29) is 5.91 Å². The number of halogens is 1. The van der Waals surface area contributed by atoms with E-state index in [4.69, 9.17) is 15.8 Å². The second kappa shape index (κ2) is 7.75. The zero-order chi connectivity index (χ0) is 19.5. The zero-order valence-corrected chi connectivity index (χ0v) is 16.3. The summed E-state index contributed by atoms with van der Waals surface area (Å²) in [5.74, 6) is 6.13. The van der Waals surface area contributed by atoms with E-state index in [0.717, 1.165) is 20.9 Å². The van der Waals surface area contributed by atoms with Crippen LogP contribution in [0.2, 0.25) is 0 Å². The Morgan fingerprint density at radius 2 is 1.68 bits per heavy atom. The molecule has 3 aromatic carbocycles. The lowest BCUT2D eigenvalue weighted by atomic mass is 10.1. The minimum absolute atomic E-state index is 0.383. The van der Waals surface area contributed by atoms with Crippen LogP contribution >= 0.6 is 15.9 Å². The highest BCUT2D eigenvalue weighted by atomic mass is 79.9. The zero-order valence-electron chi connectivity index (χ0n) is 14.7. The number of nitrogen functional groups attached to an aromatic ring is 1. The molecule has 0 aliphatic carbocycles. The van der Waals surface area contributed by atoms with Gasteiger partial charge in [0.05, 0.1) is 16.8 Å². The van der Waals surface area contributed by atoms with Crippen LogP contribution in [-0.2, 0) is 0 Å². The summed E-state index contributed by atoms with van der Waals surface area (Å²) in [6.07, 6.45) is 0. The Morgan fingerprint density at radius 1 is 0.929 bits per heavy atom. The Hall–Kier alpha value is -3.29. The number of fused-ring (bicyclic) bond motifs is 1. The molecule has 4 aromatic rings. The van der Waals surface area contributed by atoms with Gasteiger partial charge in [-0.05, 0) is 30.3 Å². The number of carbonyl (C=O) groups excluding carboxylic acids is 1. The van der Waals surface area contributed by atoms with E-state index >= 15 is 0 Å². The largest absolute Gasteiger partial charge is 0.339 e. The van der Waals surface area contributed by atoms with Crippen LogP contribution in [0.3, 0.4) is 0 Å². The van der Waals surface area contributed by atoms with Gasteiger partial charge in [0.15, 0.2) is 5.82 Å². The van der Waals surface area contributed by atoms with Gasteiger partial charge in [0, 0.05) is 15.4 Å². The number of benzene rings is 3. The quantitative estimate of drug-likeness (QED) is 0.252. The van der Waals surface area contributed by atoms with E-state index in [1.807, 2.05) is 54.6 Å². The molecule has 0 fully saturated rings. The fourth-order valence-corrected chi connectivity index (χ4v) is 3.27. The normalized spacial score (nSPS) is 10.6. The molecule has 1 heterocycles. The maximum Gasteiger partial charge on any atom is 0.267 e. The first-order valence-electron chi connectivity index (χ1n) is 8.55. The molecule has 0 unspecified atom stereocenters. The first-order valence-corrected chi connectivity index (χ1v) is 9.35. The molecule has 0 saturated heterocycles. The van der Waals surface area contributed by atoms with Crippen LogP contribution in [0.5, 0.6) is 0 Å². The second-order valence-electron chi connectivity index (χ2n) is 6.07. The molecular formula is C21H16BrN5O. The third-order valence-electron chi connectivity index (χ3n) is 4.25. The van der Waals surface area contributed by atoms with Gasteiger partial charge in [-0.2, -0.15) is 0 Å². The molecule has 4 N–H and O–H groups in total. The number of anilines is 2. The van der Waals surface area contributed by atoms with E-state index in [1.165, 1.54) is 0 Å². The van der Waals surface area contributed by atoms with E-state index in [1.54, 1.807) is 18.2 Å². The number of amides is 1. The average molecular weight is 434 g/mol. The van der Waals surface area contributed by atoms with Gasteiger partial charge in [-0.1, -0.05) is 58.4 Å². The number of hydrogen-bond acceptors (Lipinski definition) is 5. The van der Waals surface area contributed by atoms with E-state index in [0.29, 0.717) is 22.9 Å². The van der Waals surface area contributed by atoms with Gasteiger partial charge in [-0.15, -0.1) is 0 Å². The Labute approximate surface area is 169 Å². The maximum absolute atomic E-state index is 12.1. The van der Waals surface area contributed by atoms with Gasteiger partial charge < -0.3 is 5.32 Å². The standard InChI is InChI=1S/C21H16BrN5O/c22-14-10-11-18-16(12-14)20(26-19(24-18)13-6-2-1-3-7-13)25-17-9-5-4-8-15(17)21(28)27-23/h1-12H,23H2,(H,27,28)(H,24,25,26). The van der Waals surface area contributed by atoms with Gasteiger partial charge in [-0.25, -0.2) is 15.8 Å². The third-order valence-corrected chi connectivity index (χ3v) is 4.74. The first-order chi connectivity index (χ1) is 13.7. The number of nitrogens with zero attached hydrogens (tertiary/aromatic N) is 2. The van der Waals surface area contributed by atoms with Crippen LogP contribution in [0.25, 0.3) is 22.3 Å². The van der Waals surface area contributed by atoms with Crippen LogP contribution in [0.4, 0.5) is 11.5 Å². The summed E-state index contributed by atoms with van der Waals surface area (Å²) in [6.45, 7) is 0. The van der Waals surface area contributed by atoms with Crippen LogP contribution in [0, 0.1) is 0 Å². The number of hydrogen-bond donors (Lipinski definition) is 3. The summed E-state index contributed by atoms with van der Waals surface area (Å²) in [5.41, 5.74) is 4.90. The van der Waals surface area contributed by atoms with Crippen molar-refractivity contribution in [1.29, 1.82) is 0 Å². The molecule has 138 valence electrons. The van der Waals surface area contributed by atoms with Gasteiger partial charge in [0.25, 0.3) is 5.91 Å². The van der Waals surface area contributed by atoms with Crippen LogP contribution in [0.1, 0.15) is 10.4 Å². The highest BCUT2D eigenvalue weighted by Crippen LogP contribution is 2.30. The number of nitrogens with two attached hydrogens (primary N) is 1. The van der Waals surface area contributed by atoms with Crippen molar-refractivity contribution in [3.8, 4) is 11.4 Å². The Morgan fingerprint density at radius 3 is 2.46 bits per heavy atom. The first kappa shape index (κ1) is 18.1. The third kappa shape index (κ3) is 3.58. The fraction of sp³-hybridized carbons (Fsp3) is 0. The Bertz CT molecular complexity index is 1160. The molecule has 0 radical (unpaired) electrons. The van der Waals surface area contributed by atoms with Crippen molar-refractivity contribution in [1.82, 2.24) is 15.4 Å². The molecule has 4 rings (SSSR count). The van der Waals surface area contributed by atoms with Crippen molar-refractivity contribution in [2.24, 2.45) is 5.84 Å². The van der Waals surface area contributed by atoms with Crippen molar-refractivity contribution in [3.63, 3.8) is 0 Å². The van der Waals surface area contributed by atoms with E-state index in [2.05, 4.69) is 26.7 Å². The van der Waals surface area contributed by atoms with Gasteiger partial charge >= 0.3 is 0 Å². The van der Waals surface area contributed by atoms with Gasteiger partial charge in [0.1, 0.15) is 5.82 Å². The number of carbonyl (C=O) groups is 1. The lowest BCUT2D eigenvalue weighted by molar-refractivity contribution is 0.0954. The summed E-state index contributed by atoms with van der Waals surface area (Å²) >= 11 is 3.50. The monoisotopic (exact) mass is 433 g/mol. The molecule has 1 amide bonds. The molecular weight excluding hydrogens is 418 g/mol. The number of para-hydroxylation sites is 1. The predicted molar refractivity (Wildman–Crippen MR) is 114 cm³/mol. The summed E-state index contributed by atoms with van der Waals surface area (Å²) in [7, 11) is 0. The predicted octanol–water partition coefficient (Wildman–Crippen LogP) is 4.41. The van der Waals surface area contributed by atoms with Gasteiger partial charge in [-0.3, -0.25) is 10.2 Å². The van der Waals surface area contributed by atoms with Crippen LogP contribution < -0.4 is 16.6 Å². The molecule has 0 bridgehead atoms. The highest BCUT2D eigenvalue weighted by molar-refractivity contribution is 9.10. The SMILES string of the molecule is NNC(=O)c1ccccc1Nc1nc(-c2ccccc2)nc2ccc(Br)cc12. The Kier molecular flexibility index (Phi) is 5.01. The summed E-state index contributed by atoms with van der Waals surface area (Å²) in [6, 6.07) is 22.7. The summed E-state index contributed by atoms with van der Waals surface area (Å²) in [5, 5.41) is 4.11. The number of aromatic nitrogens is 2.